The molecule has 0 aliphatic heterocycles. The van der Waals surface area contributed by atoms with Crippen molar-refractivity contribution in [2.45, 2.75) is 51.5 Å². The molecule has 20 heavy (non-hydrogen) atoms. The Balaban J connectivity index is 1.80. The van der Waals surface area contributed by atoms with E-state index >= 15 is 0 Å². The molecule has 0 heterocycles. The van der Waals surface area contributed by atoms with Crippen molar-refractivity contribution in [1.29, 1.82) is 0 Å². The number of carbonyl (C=O) groups excluding carboxylic acids is 1. The summed E-state index contributed by atoms with van der Waals surface area (Å²) in [6, 6.07) is 8.78. The number of amides is 1. The first-order valence-electron chi connectivity index (χ1n) is 7.60. The quantitative estimate of drug-likeness (QED) is 0.808. The van der Waals surface area contributed by atoms with E-state index in [2.05, 4.69) is 52.4 Å². The van der Waals surface area contributed by atoms with Gasteiger partial charge in [0.25, 0.3) is 0 Å². The molecule has 110 valence electrons. The molecule has 1 saturated carbocycles. The van der Waals surface area contributed by atoms with Crippen molar-refractivity contribution in [3.63, 3.8) is 0 Å². The molecule has 0 saturated heterocycles. The summed E-state index contributed by atoms with van der Waals surface area (Å²) in [5.74, 6) is 0.802. The summed E-state index contributed by atoms with van der Waals surface area (Å²) in [6.07, 6.45) is 6.33. The SMILES string of the molecule is Cc1cccc(CCC(=O)NC2CCCCC2CBr)c1. The minimum absolute atomic E-state index is 0.198. The molecule has 2 atom stereocenters. The maximum atomic E-state index is 12.1. The van der Waals surface area contributed by atoms with Crippen LogP contribution in [0.1, 0.15) is 43.2 Å². The average molecular weight is 338 g/mol. The number of nitrogens with one attached hydrogen (secondary N) is 1. The van der Waals surface area contributed by atoms with Crippen molar-refractivity contribution >= 4 is 21.8 Å². The van der Waals surface area contributed by atoms with Crippen molar-refractivity contribution in [3.8, 4) is 0 Å². The van der Waals surface area contributed by atoms with Crippen LogP contribution in [0.25, 0.3) is 0 Å². The monoisotopic (exact) mass is 337 g/mol. The second-order valence-electron chi connectivity index (χ2n) is 5.86. The van der Waals surface area contributed by atoms with Crippen LogP contribution in [0.3, 0.4) is 0 Å². The molecule has 3 heteroatoms. The number of carbonyl (C=O) groups is 1. The van der Waals surface area contributed by atoms with Crippen LogP contribution in [0.4, 0.5) is 0 Å². The molecule has 1 aliphatic carbocycles. The third-order valence-electron chi connectivity index (χ3n) is 4.18. The second-order valence-corrected chi connectivity index (χ2v) is 6.51. The third kappa shape index (κ3) is 4.62. The molecule has 2 rings (SSSR count). The topological polar surface area (TPSA) is 29.1 Å². The Hall–Kier alpha value is -0.830. The van der Waals surface area contributed by atoms with Crippen molar-refractivity contribution in [2.75, 3.05) is 5.33 Å². The van der Waals surface area contributed by atoms with Crippen molar-refractivity contribution in [3.05, 3.63) is 35.4 Å². The fourth-order valence-corrected chi connectivity index (χ4v) is 3.76. The standard InChI is InChI=1S/C17H24BrNO/c1-13-5-4-6-14(11-13)9-10-17(20)19-16-8-3-2-7-15(16)12-18/h4-6,11,15-16H,2-3,7-10,12H2,1H3,(H,19,20). The molecular weight excluding hydrogens is 314 g/mol. The zero-order chi connectivity index (χ0) is 14.4. The maximum absolute atomic E-state index is 12.1. The molecule has 2 nitrogen and oxygen atoms in total. The number of aryl methyl sites for hydroxylation is 2. The fraction of sp³-hybridized carbons (Fsp3) is 0.588. The Morgan fingerprint density at radius 3 is 2.90 bits per heavy atom. The Morgan fingerprint density at radius 1 is 1.35 bits per heavy atom. The molecule has 1 aromatic rings. The third-order valence-corrected chi connectivity index (χ3v) is 5.01. The molecule has 1 fully saturated rings. The van der Waals surface area contributed by atoms with Gasteiger partial charge in [-0.05, 0) is 37.7 Å². The van der Waals surface area contributed by atoms with Crippen LogP contribution in [-0.4, -0.2) is 17.3 Å². The van der Waals surface area contributed by atoms with Gasteiger partial charge >= 0.3 is 0 Å². The largest absolute Gasteiger partial charge is 0.353 e. The highest BCUT2D eigenvalue weighted by molar-refractivity contribution is 9.09. The van der Waals surface area contributed by atoms with Gasteiger partial charge in [0.05, 0.1) is 0 Å². The highest BCUT2D eigenvalue weighted by Gasteiger charge is 2.25. The van der Waals surface area contributed by atoms with Gasteiger partial charge in [-0.15, -0.1) is 0 Å². The molecular formula is C17H24BrNO. The summed E-state index contributed by atoms with van der Waals surface area (Å²) in [7, 11) is 0. The van der Waals surface area contributed by atoms with Gasteiger partial charge in [-0.25, -0.2) is 0 Å². The van der Waals surface area contributed by atoms with E-state index in [0.29, 0.717) is 18.4 Å². The predicted molar refractivity (Wildman–Crippen MR) is 87.2 cm³/mol. The summed E-state index contributed by atoms with van der Waals surface area (Å²) < 4.78 is 0. The Labute approximate surface area is 130 Å². The first-order chi connectivity index (χ1) is 9.69. The van der Waals surface area contributed by atoms with Gasteiger partial charge in [0.1, 0.15) is 0 Å². The molecule has 0 radical (unpaired) electrons. The van der Waals surface area contributed by atoms with E-state index in [1.54, 1.807) is 0 Å². The van der Waals surface area contributed by atoms with Gasteiger partial charge in [-0.3, -0.25) is 4.79 Å². The minimum atomic E-state index is 0.198. The molecule has 0 aromatic heterocycles. The van der Waals surface area contributed by atoms with E-state index in [-0.39, 0.29) is 5.91 Å². The summed E-state index contributed by atoms with van der Waals surface area (Å²) in [5, 5.41) is 4.23. The van der Waals surface area contributed by atoms with E-state index in [9.17, 15) is 4.79 Å². The van der Waals surface area contributed by atoms with Crippen LogP contribution in [0.2, 0.25) is 0 Å². The van der Waals surface area contributed by atoms with Gasteiger partial charge in [0, 0.05) is 17.8 Å². The Morgan fingerprint density at radius 2 is 2.15 bits per heavy atom. The van der Waals surface area contributed by atoms with E-state index in [1.165, 1.54) is 30.4 Å². The zero-order valence-corrected chi connectivity index (χ0v) is 13.8. The molecule has 1 aromatic carbocycles. The molecule has 0 spiro atoms. The summed E-state index contributed by atoms with van der Waals surface area (Å²) >= 11 is 3.57. The highest BCUT2D eigenvalue weighted by atomic mass is 79.9. The van der Waals surface area contributed by atoms with Crippen LogP contribution >= 0.6 is 15.9 Å². The van der Waals surface area contributed by atoms with Crippen LogP contribution in [0, 0.1) is 12.8 Å². The first kappa shape index (κ1) is 15.6. The number of alkyl halides is 1. The maximum Gasteiger partial charge on any atom is 0.220 e. The Bertz CT molecular complexity index is 446. The number of hydrogen-bond acceptors (Lipinski definition) is 1. The van der Waals surface area contributed by atoms with E-state index < -0.39 is 0 Å². The number of benzene rings is 1. The van der Waals surface area contributed by atoms with Crippen molar-refractivity contribution < 1.29 is 4.79 Å². The lowest BCUT2D eigenvalue weighted by Gasteiger charge is -2.31. The van der Waals surface area contributed by atoms with Gasteiger partial charge in [0.15, 0.2) is 0 Å². The fourth-order valence-electron chi connectivity index (χ4n) is 2.99. The van der Waals surface area contributed by atoms with E-state index in [0.717, 1.165) is 18.2 Å². The number of halogens is 1. The van der Waals surface area contributed by atoms with Gasteiger partial charge < -0.3 is 5.32 Å². The molecule has 1 aliphatic rings. The van der Waals surface area contributed by atoms with Crippen LogP contribution in [0.5, 0.6) is 0 Å². The summed E-state index contributed by atoms with van der Waals surface area (Å²) in [6.45, 7) is 2.09. The average Bonchev–Trinajstić information content (AvgIpc) is 2.46. The molecule has 0 bridgehead atoms. The first-order valence-corrected chi connectivity index (χ1v) is 8.72. The van der Waals surface area contributed by atoms with Gasteiger partial charge in [-0.2, -0.15) is 0 Å². The van der Waals surface area contributed by atoms with E-state index in [4.69, 9.17) is 0 Å². The van der Waals surface area contributed by atoms with Crippen molar-refractivity contribution in [1.82, 2.24) is 5.32 Å². The normalized spacial score (nSPS) is 22.5. The Kier molecular flexibility index (Phi) is 6.08. The molecule has 2 unspecified atom stereocenters. The lowest BCUT2D eigenvalue weighted by atomic mass is 9.86. The number of rotatable bonds is 5. The summed E-state index contributed by atoms with van der Waals surface area (Å²) in [5.41, 5.74) is 2.51. The molecule has 1 amide bonds. The highest BCUT2D eigenvalue weighted by Crippen LogP contribution is 2.26. The summed E-state index contributed by atoms with van der Waals surface area (Å²) in [4.78, 5) is 12.1. The second kappa shape index (κ2) is 7.82. The van der Waals surface area contributed by atoms with Crippen LogP contribution in [-0.2, 0) is 11.2 Å². The van der Waals surface area contributed by atoms with Gasteiger partial charge in [-0.1, -0.05) is 58.6 Å². The zero-order valence-electron chi connectivity index (χ0n) is 12.2. The van der Waals surface area contributed by atoms with E-state index in [1.807, 2.05) is 0 Å². The lowest BCUT2D eigenvalue weighted by molar-refractivity contribution is -0.122. The van der Waals surface area contributed by atoms with Crippen LogP contribution < -0.4 is 5.32 Å². The lowest BCUT2D eigenvalue weighted by Crippen LogP contribution is -2.42. The minimum Gasteiger partial charge on any atom is -0.353 e. The number of hydrogen-bond donors (Lipinski definition) is 1. The van der Waals surface area contributed by atoms with Crippen LogP contribution in [0.15, 0.2) is 24.3 Å². The van der Waals surface area contributed by atoms with Gasteiger partial charge in [0.2, 0.25) is 5.91 Å². The smallest absolute Gasteiger partial charge is 0.220 e. The predicted octanol–water partition coefficient (Wildman–Crippen LogP) is 4.00. The van der Waals surface area contributed by atoms with Crippen molar-refractivity contribution in [2.24, 2.45) is 5.92 Å². The molecule has 1 N–H and O–H groups in total.